The molecule has 0 saturated heterocycles. The summed E-state index contributed by atoms with van der Waals surface area (Å²) in [7, 11) is 1.61. The zero-order valence-electron chi connectivity index (χ0n) is 11.2. The Bertz CT molecular complexity index is 632. The summed E-state index contributed by atoms with van der Waals surface area (Å²) in [6.45, 7) is 2.57. The molecule has 0 aliphatic rings. The van der Waals surface area contributed by atoms with Crippen molar-refractivity contribution < 1.29 is 9.84 Å². The van der Waals surface area contributed by atoms with Gasteiger partial charge in [-0.15, -0.1) is 0 Å². The molecule has 0 heterocycles. The molecule has 2 aromatic carbocycles. The van der Waals surface area contributed by atoms with Crippen molar-refractivity contribution in [1.29, 1.82) is 0 Å². The number of hydrogen-bond donors (Lipinski definition) is 2. The van der Waals surface area contributed by atoms with Gasteiger partial charge in [-0.05, 0) is 52.2 Å². The lowest BCUT2D eigenvalue weighted by atomic mass is 10.1. The highest BCUT2D eigenvalue weighted by Crippen LogP contribution is 2.31. The molecule has 0 aliphatic carbocycles. The van der Waals surface area contributed by atoms with Crippen LogP contribution in [0.4, 0.5) is 5.69 Å². The van der Waals surface area contributed by atoms with Gasteiger partial charge in [0.15, 0.2) is 0 Å². The number of hydrogen-bond acceptors (Lipinski definition) is 3. The summed E-state index contributed by atoms with van der Waals surface area (Å²) in [5, 5.41) is 13.5. The van der Waals surface area contributed by atoms with Gasteiger partial charge in [-0.2, -0.15) is 0 Å². The van der Waals surface area contributed by atoms with Crippen LogP contribution in [0.25, 0.3) is 0 Å². The summed E-state index contributed by atoms with van der Waals surface area (Å²) in [4.78, 5) is 0. The molecule has 20 heavy (non-hydrogen) atoms. The lowest BCUT2D eigenvalue weighted by Crippen LogP contribution is -2.02. The molecule has 0 unspecified atom stereocenters. The smallest absolute Gasteiger partial charge is 0.143 e. The first-order chi connectivity index (χ1) is 9.51. The highest BCUT2D eigenvalue weighted by Gasteiger charge is 2.07. The van der Waals surface area contributed by atoms with Crippen molar-refractivity contribution in [2.24, 2.45) is 0 Å². The maximum Gasteiger partial charge on any atom is 0.143 e. The Kier molecular flexibility index (Phi) is 4.78. The number of phenols is 1. The predicted octanol–water partition coefficient (Wildman–Crippen LogP) is 4.74. The quantitative estimate of drug-likeness (QED) is 0.831. The number of nitrogens with one attached hydrogen (secondary N) is 1. The van der Waals surface area contributed by atoms with Crippen LogP contribution in [0.1, 0.15) is 11.1 Å². The molecule has 0 fully saturated rings. The molecule has 2 rings (SSSR count). The third-order valence-electron chi connectivity index (χ3n) is 2.98. The van der Waals surface area contributed by atoms with E-state index in [4.69, 9.17) is 16.3 Å². The highest BCUT2D eigenvalue weighted by atomic mass is 79.9. The first-order valence-corrected chi connectivity index (χ1v) is 7.23. The molecule has 5 heteroatoms. The van der Waals surface area contributed by atoms with Crippen molar-refractivity contribution in [1.82, 2.24) is 0 Å². The standard InChI is InChI=1S/C15H15BrClNO2/c1-9-5-13(15(20-2)7-12(9)17)18-8-10-3-4-14(19)11(16)6-10/h3-7,18-19H,8H2,1-2H3. The molecular weight excluding hydrogens is 342 g/mol. The van der Waals surface area contributed by atoms with Gasteiger partial charge >= 0.3 is 0 Å². The number of aryl methyl sites for hydroxylation is 1. The fraction of sp³-hybridized carbons (Fsp3) is 0.200. The van der Waals surface area contributed by atoms with E-state index in [1.54, 1.807) is 19.2 Å². The summed E-state index contributed by atoms with van der Waals surface area (Å²) < 4.78 is 5.99. The monoisotopic (exact) mass is 355 g/mol. The average Bonchev–Trinajstić information content (AvgIpc) is 2.43. The van der Waals surface area contributed by atoms with Crippen LogP contribution in [0.15, 0.2) is 34.8 Å². The van der Waals surface area contributed by atoms with Crippen LogP contribution in [0.5, 0.6) is 11.5 Å². The minimum Gasteiger partial charge on any atom is -0.507 e. The van der Waals surface area contributed by atoms with Crippen LogP contribution in [-0.2, 0) is 6.54 Å². The molecule has 106 valence electrons. The Morgan fingerprint density at radius 1 is 1.30 bits per heavy atom. The lowest BCUT2D eigenvalue weighted by molar-refractivity contribution is 0.416. The third-order valence-corrected chi connectivity index (χ3v) is 4.02. The van der Waals surface area contributed by atoms with E-state index in [0.29, 0.717) is 21.8 Å². The third kappa shape index (κ3) is 3.38. The first-order valence-electron chi connectivity index (χ1n) is 6.06. The van der Waals surface area contributed by atoms with Gasteiger partial charge in [-0.3, -0.25) is 0 Å². The van der Waals surface area contributed by atoms with Crippen LogP contribution in [0.3, 0.4) is 0 Å². The number of benzene rings is 2. The van der Waals surface area contributed by atoms with Crippen LogP contribution in [0.2, 0.25) is 5.02 Å². The van der Waals surface area contributed by atoms with Gasteiger partial charge in [0.1, 0.15) is 11.5 Å². The maximum atomic E-state index is 9.48. The largest absolute Gasteiger partial charge is 0.507 e. The summed E-state index contributed by atoms with van der Waals surface area (Å²) in [5.74, 6) is 0.937. The number of aromatic hydroxyl groups is 1. The molecule has 0 atom stereocenters. The van der Waals surface area contributed by atoms with E-state index in [1.165, 1.54) is 0 Å². The molecule has 0 amide bonds. The highest BCUT2D eigenvalue weighted by molar-refractivity contribution is 9.10. The van der Waals surface area contributed by atoms with Crippen molar-refractivity contribution in [2.45, 2.75) is 13.5 Å². The number of anilines is 1. The second-order valence-corrected chi connectivity index (χ2v) is 5.70. The van der Waals surface area contributed by atoms with E-state index in [0.717, 1.165) is 16.8 Å². The average molecular weight is 357 g/mol. The molecule has 2 N–H and O–H groups in total. The van der Waals surface area contributed by atoms with E-state index in [2.05, 4.69) is 21.2 Å². The molecular formula is C15H15BrClNO2. The van der Waals surface area contributed by atoms with E-state index in [-0.39, 0.29) is 5.75 Å². The second-order valence-electron chi connectivity index (χ2n) is 4.44. The normalized spacial score (nSPS) is 10.4. The molecule has 0 spiro atoms. The molecule has 2 aromatic rings. The zero-order valence-corrected chi connectivity index (χ0v) is 13.5. The van der Waals surface area contributed by atoms with Crippen molar-refractivity contribution >= 4 is 33.2 Å². The molecule has 3 nitrogen and oxygen atoms in total. The Labute approximate surface area is 131 Å². The van der Waals surface area contributed by atoms with E-state index in [1.807, 2.05) is 25.1 Å². The maximum absolute atomic E-state index is 9.48. The number of methoxy groups -OCH3 is 1. The molecule has 0 bridgehead atoms. The lowest BCUT2D eigenvalue weighted by Gasteiger charge is -2.13. The van der Waals surface area contributed by atoms with Gasteiger partial charge in [-0.1, -0.05) is 17.7 Å². The molecule has 0 aliphatic heterocycles. The Balaban J connectivity index is 2.18. The fourth-order valence-corrected chi connectivity index (χ4v) is 2.41. The molecule has 0 aromatic heterocycles. The van der Waals surface area contributed by atoms with E-state index in [9.17, 15) is 5.11 Å². The molecule has 0 radical (unpaired) electrons. The van der Waals surface area contributed by atoms with Crippen LogP contribution < -0.4 is 10.1 Å². The van der Waals surface area contributed by atoms with Gasteiger partial charge < -0.3 is 15.2 Å². The number of ether oxygens (including phenoxy) is 1. The number of rotatable bonds is 4. The topological polar surface area (TPSA) is 41.5 Å². The first kappa shape index (κ1) is 15.0. The van der Waals surface area contributed by atoms with Gasteiger partial charge in [0, 0.05) is 17.6 Å². The van der Waals surface area contributed by atoms with E-state index < -0.39 is 0 Å². The van der Waals surface area contributed by atoms with E-state index >= 15 is 0 Å². The van der Waals surface area contributed by atoms with Crippen molar-refractivity contribution in [3.63, 3.8) is 0 Å². The summed E-state index contributed by atoms with van der Waals surface area (Å²) in [5.41, 5.74) is 2.92. The summed E-state index contributed by atoms with van der Waals surface area (Å²) >= 11 is 9.38. The van der Waals surface area contributed by atoms with Gasteiger partial charge in [-0.25, -0.2) is 0 Å². The predicted molar refractivity (Wildman–Crippen MR) is 85.9 cm³/mol. The SMILES string of the molecule is COc1cc(Cl)c(C)cc1NCc1ccc(O)c(Br)c1. The summed E-state index contributed by atoms with van der Waals surface area (Å²) in [6, 6.07) is 9.15. The number of phenolic OH excluding ortho intramolecular Hbond substituents is 1. The fourth-order valence-electron chi connectivity index (χ4n) is 1.83. The van der Waals surface area contributed by atoms with Crippen molar-refractivity contribution in [2.75, 3.05) is 12.4 Å². The zero-order chi connectivity index (χ0) is 14.7. The number of halogens is 2. The van der Waals surface area contributed by atoms with Gasteiger partial charge in [0.25, 0.3) is 0 Å². The van der Waals surface area contributed by atoms with Crippen molar-refractivity contribution in [3.8, 4) is 11.5 Å². The van der Waals surface area contributed by atoms with Gasteiger partial charge in [0.2, 0.25) is 0 Å². The minimum absolute atomic E-state index is 0.230. The van der Waals surface area contributed by atoms with Crippen molar-refractivity contribution in [3.05, 3.63) is 51.0 Å². The Morgan fingerprint density at radius 2 is 2.05 bits per heavy atom. The minimum atomic E-state index is 0.230. The summed E-state index contributed by atoms with van der Waals surface area (Å²) in [6.07, 6.45) is 0. The second kappa shape index (κ2) is 6.37. The Morgan fingerprint density at radius 3 is 2.70 bits per heavy atom. The van der Waals surface area contributed by atoms with Crippen LogP contribution >= 0.6 is 27.5 Å². The van der Waals surface area contributed by atoms with Crippen LogP contribution in [-0.4, -0.2) is 12.2 Å². The molecule has 0 saturated carbocycles. The van der Waals surface area contributed by atoms with Gasteiger partial charge in [0.05, 0.1) is 17.3 Å². The Hall–Kier alpha value is -1.39. The van der Waals surface area contributed by atoms with Crippen LogP contribution in [0, 0.1) is 6.92 Å².